The number of hydrogen-bond donors (Lipinski definition) is 1. The van der Waals surface area contributed by atoms with Gasteiger partial charge in [-0.1, -0.05) is 41.0 Å². The molecule has 8 nitrogen and oxygen atoms in total. The van der Waals surface area contributed by atoms with Crippen LogP contribution in [-0.2, 0) is 16.1 Å². The molecular formula is C22H22ClN5O3. The Labute approximate surface area is 184 Å². The van der Waals surface area contributed by atoms with Crippen LogP contribution in [-0.4, -0.2) is 32.3 Å². The van der Waals surface area contributed by atoms with E-state index >= 15 is 0 Å². The van der Waals surface area contributed by atoms with E-state index < -0.39 is 12.0 Å². The number of esters is 1. The van der Waals surface area contributed by atoms with Gasteiger partial charge >= 0.3 is 5.97 Å². The number of aromatic nitrogens is 4. The SMILES string of the molecule is CC1=C(C(=O)OC(C)C)C(c2ccc(OCc3cccc(Cl)c3)cc2)n2nnnc2N1. The fourth-order valence-electron chi connectivity index (χ4n) is 3.40. The van der Waals surface area contributed by atoms with Crippen LogP contribution in [0.15, 0.2) is 59.8 Å². The van der Waals surface area contributed by atoms with Crippen LogP contribution >= 0.6 is 11.6 Å². The quantitative estimate of drug-likeness (QED) is 0.577. The number of anilines is 1. The van der Waals surface area contributed by atoms with Crippen LogP contribution in [0.5, 0.6) is 5.75 Å². The molecule has 0 saturated carbocycles. The maximum atomic E-state index is 12.9. The Balaban J connectivity index is 1.59. The number of hydrogen-bond acceptors (Lipinski definition) is 7. The first-order valence-corrected chi connectivity index (χ1v) is 10.2. The topological polar surface area (TPSA) is 91.2 Å². The first-order chi connectivity index (χ1) is 14.9. The second kappa shape index (κ2) is 8.77. The molecular weight excluding hydrogens is 418 g/mol. The number of ether oxygens (including phenoxy) is 2. The van der Waals surface area contributed by atoms with Gasteiger partial charge in [-0.25, -0.2) is 4.79 Å². The van der Waals surface area contributed by atoms with Gasteiger partial charge in [0.05, 0.1) is 11.7 Å². The Morgan fingerprint density at radius 1 is 1.23 bits per heavy atom. The summed E-state index contributed by atoms with van der Waals surface area (Å²) in [6.45, 7) is 5.83. The predicted octanol–water partition coefficient (Wildman–Crippen LogP) is 4.15. The largest absolute Gasteiger partial charge is 0.489 e. The molecule has 0 amide bonds. The Morgan fingerprint density at radius 2 is 2.00 bits per heavy atom. The van der Waals surface area contributed by atoms with Gasteiger partial charge in [0, 0.05) is 10.7 Å². The molecule has 1 N–H and O–H groups in total. The first-order valence-electron chi connectivity index (χ1n) is 9.86. The summed E-state index contributed by atoms with van der Waals surface area (Å²) in [6, 6.07) is 14.5. The third-order valence-corrected chi connectivity index (χ3v) is 5.00. The van der Waals surface area contributed by atoms with Crippen molar-refractivity contribution in [2.45, 2.75) is 39.5 Å². The minimum atomic E-state index is -0.514. The molecule has 1 atom stereocenters. The summed E-state index contributed by atoms with van der Waals surface area (Å²) in [6.07, 6.45) is -0.244. The van der Waals surface area contributed by atoms with E-state index in [-0.39, 0.29) is 6.10 Å². The molecule has 0 aliphatic carbocycles. The molecule has 1 unspecified atom stereocenters. The Bertz CT molecular complexity index is 1120. The van der Waals surface area contributed by atoms with Gasteiger partial charge in [0.25, 0.3) is 0 Å². The standard InChI is InChI=1S/C22H22ClN5O3/c1-13(2)31-21(29)19-14(3)24-22-25-26-27-28(22)20(19)16-7-9-18(10-8-16)30-12-15-5-4-6-17(23)11-15/h4-11,13,20H,12H2,1-3H3,(H,24,25,27). The van der Waals surface area contributed by atoms with Gasteiger partial charge in [-0.15, -0.1) is 0 Å². The van der Waals surface area contributed by atoms with Gasteiger partial charge < -0.3 is 14.8 Å². The third kappa shape index (κ3) is 4.54. The van der Waals surface area contributed by atoms with Gasteiger partial charge in [0.15, 0.2) is 0 Å². The van der Waals surface area contributed by atoms with E-state index in [1.165, 1.54) is 0 Å². The molecule has 0 radical (unpaired) electrons. The van der Waals surface area contributed by atoms with E-state index in [2.05, 4.69) is 20.8 Å². The summed E-state index contributed by atoms with van der Waals surface area (Å²) in [7, 11) is 0. The number of benzene rings is 2. The highest BCUT2D eigenvalue weighted by molar-refractivity contribution is 6.30. The molecule has 1 aliphatic heterocycles. The summed E-state index contributed by atoms with van der Waals surface area (Å²) in [4.78, 5) is 12.9. The Hall–Kier alpha value is -3.39. The van der Waals surface area contributed by atoms with Crippen molar-refractivity contribution in [2.24, 2.45) is 0 Å². The van der Waals surface area contributed by atoms with Crippen LogP contribution in [0.25, 0.3) is 0 Å². The predicted molar refractivity (Wildman–Crippen MR) is 116 cm³/mol. The van der Waals surface area contributed by atoms with Crippen LogP contribution in [0.3, 0.4) is 0 Å². The minimum Gasteiger partial charge on any atom is -0.489 e. The van der Waals surface area contributed by atoms with E-state index in [1.54, 1.807) is 4.68 Å². The zero-order valence-electron chi connectivity index (χ0n) is 17.4. The van der Waals surface area contributed by atoms with Crippen LogP contribution in [0.1, 0.15) is 37.9 Å². The molecule has 0 bridgehead atoms. The highest BCUT2D eigenvalue weighted by Crippen LogP contribution is 2.35. The zero-order valence-corrected chi connectivity index (χ0v) is 18.1. The molecule has 1 aromatic heterocycles. The number of allylic oxidation sites excluding steroid dienone is 1. The maximum absolute atomic E-state index is 12.9. The van der Waals surface area contributed by atoms with Crippen LogP contribution in [0.2, 0.25) is 5.02 Å². The Kier molecular flexibility index (Phi) is 5.90. The maximum Gasteiger partial charge on any atom is 0.338 e. The normalized spacial score (nSPS) is 15.5. The average Bonchev–Trinajstić information content (AvgIpc) is 3.19. The number of nitrogens with zero attached hydrogens (tertiary/aromatic N) is 4. The fraction of sp³-hybridized carbons (Fsp3) is 0.273. The van der Waals surface area contributed by atoms with Gasteiger partial charge in [-0.3, -0.25) is 0 Å². The zero-order chi connectivity index (χ0) is 22.0. The highest BCUT2D eigenvalue weighted by atomic mass is 35.5. The number of carbonyl (C=O) groups excluding carboxylic acids is 1. The number of halogens is 1. The van der Waals surface area contributed by atoms with Crippen molar-refractivity contribution in [2.75, 3.05) is 5.32 Å². The van der Waals surface area contributed by atoms with Crippen molar-refractivity contribution >= 4 is 23.5 Å². The molecule has 1 aliphatic rings. The smallest absolute Gasteiger partial charge is 0.338 e. The van der Waals surface area contributed by atoms with E-state index in [9.17, 15) is 4.79 Å². The van der Waals surface area contributed by atoms with Crippen molar-refractivity contribution in [3.05, 3.63) is 76.0 Å². The van der Waals surface area contributed by atoms with Crippen LogP contribution < -0.4 is 10.1 Å². The highest BCUT2D eigenvalue weighted by Gasteiger charge is 2.35. The van der Waals surface area contributed by atoms with Gasteiger partial charge in [-0.05, 0) is 66.6 Å². The number of nitrogens with one attached hydrogen (secondary N) is 1. The van der Waals surface area contributed by atoms with Gasteiger partial charge in [0.1, 0.15) is 18.4 Å². The first kappa shape index (κ1) is 20.9. The molecule has 160 valence electrons. The molecule has 2 aromatic carbocycles. The number of fused-ring (bicyclic) bond motifs is 1. The lowest BCUT2D eigenvalue weighted by Crippen LogP contribution is -2.30. The van der Waals surface area contributed by atoms with E-state index in [0.29, 0.717) is 34.6 Å². The lowest BCUT2D eigenvalue weighted by atomic mass is 9.95. The van der Waals surface area contributed by atoms with Crippen molar-refractivity contribution < 1.29 is 14.3 Å². The molecule has 4 rings (SSSR count). The Morgan fingerprint density at radius 3 is 2.71 bits per heavy atom. The number of tetrazole rings is 1. The average molecular weight is 440 g/mol. The third-order valence-electron chi connectivity index (χ3n) is 4.77. The number of carbonyl (C=O) groups is 1. The summed E-state index contributed by atoms with van der Waals surface area (Å²) < 4.78 is 12.9. The minimum absolute atomic E-state index is 0.244. The molecule has 0 spiro atoms. The summed E-state index contributed by atoms with van der Waals surface area (Å²) in [5.41, 5.74) is 2.92. The van der Waals surface area contributed by atoms with Gasteiger partial charge in [0.2, 0.25) is 5.95 Å². The fourth-order valence-corrected chi connectivity index (χ4v) is 3.62. The van der Waals surface area contributed by atoms with Crippen molar-refractivity contribution in [1.29, 1.82) is 0 Å². The van der Waals surface area contributed by atoms with E-state index in [4.69, 9.17) is 21.1 Å². The second-order valence-electron chi connectivity index (χ2n) is 7.45. The van der Waals surface area contributed by atoms with E-state index in [1.807, 2.05) is 69.3 Å². The van der Waals surface area contributed by atoms with Crippen molar-refractivity contribution in [1.82, 2.24) is 20.2 Å². The monoisotopic (exact) mass is 439 g/mol. The van der Waals surface area contributed by atoms with Crippen molar-refractivity contribution in [3.8, 4) is 5.75 Å². The summed E-state index contributed by atoms with van der Waals surface area (Å²) >= 11 is 6.03. The van der Waals surface area contributed by atoms with Crippen molar-refractivity contribution in [3.63, 3.8) is 0 Å². The van der Waals surface area contributed by atoms with Gasteiger partial charge in [-0.2, -0.15) is 4.68 Å². The van der Waals surface area contributed by atoms with Crippen LogP contribution in [0, 0.1) is 0 Å². The molecule has 0 saturated heterocycles. The molecule has 0 fully saturated rings. The lowest BCUT2D eigenvalue weighted by Gasteiger charge is -2.28. The summed E-state index contributed by atoms with van der Waals surface area (Å²) in [5.74, 6) is 0.749. The summed E-state index contributed by atoms with van der Waals surface area (Å²) in [5, 5.41) is 15.5. The lowest BCUT2D eigenvalue weighted by molar-refractivity contribution is -0.143. The van der Waals surface area contributed by atoms with Crippen LogP contribution in [0.4, 0.5) is 5.95 Å². The van der Waals surface area contributed by atoms with E-state index in [0.717, 1.165) is 11.1 Å². The molecule has 2 heterocycles. The number of rotatable bonds is 6. The second-order valence-corrected chi connectivity index (χ2v) is 7.89. The molecule has 3 aromatic rings. The molecule has 31 heavy (non-hydrogen) atoms. The molecule has 9 heteroatoms.